The highest BCUT2D eigenvalue weighted by atomic mass is 35.5. The molecule has 3 rings (SSSR count). The first-order chi connectivity index (χ1) is 19.2. The predicted molar refractivity (Wildman–Crippen MR) is 156 cm³/mol. The highest BCUT2D eigenvalue weighted by molar-refractivity contribution is 6.32. The van der Waals surface area contributed by atoms with Gasteiger partial charge in [0.15, 0.2) is 0 Å². The second-order valence-electron chi connectivity index (χ2n) is 9.95. The average Bonchev–Trinajstić information content (AvgIpc) is 3.33. The number of unbranched alkanes of at least 4 members (excludes halogenated alkanes) is 1. The van der Waals surface area contributed by atoms with Crippen molar-refractivity contribution in [1.29, 1.82) is 0 Å². The summed E-state index contributed by atoms with van der Waals surface area (Å²) in [7, 11) is 1.57. The number of para-hydroxylation sites is 1. The summed E-state index contributed by atoms with van der Waals surface area (Å²) in [6, 6.07) is 6.48. The smallest absolute Gasteiger partial charge is 0.341 e. The number of methoxy groups -OCH3 is 1. The Hall–Kier alpha value is -3.52. The number of ether oxygens (including phenoxy) is 3. The molecule has 1 unspecified atom stereocenters. The Labute approximate surface area is 241 Å². The minimum atomic E-state index is -0.474. The molecule has 2 aromatic carbocycles. The van der Waals surface area contributed by atoms with Gasteiger partial charge in [-0.15, -0.1) is 0 Å². The fourth-order valence-corrected chi connectivity index (χ4v) is 4.91. The van der Waals surface area contributed by atoms with Gasteiger partial charge in [-0.05, 0) is 57.2 Å². The van der Waals surface area contributed by atoms with Crippen molar-refractivity contribution < 1.29 is 28.6 Å². The summed E-state index contributed by atoms with van der Waals surface area (Å²) in [6.07, 6.45) is 6.72. The number of fused-ring (bicyclic) bond motifs is 1. The third-order valence-corrected chi connectivity index (χ3v) is 7.40. The van der Waals surface area contributed by atoms with Gasteiger partial charge in [-0.2, -0.15) is 0 Å². The maximum absolute atomic E-state index is 13.1. The van der Waals surface area contributed by atoms with Gasteiger partial charge in [-0.3, -0.25) is 4.79 Å². The van der Waals surface area contributed by atoms with Crippen LogP contribution in [0.15, 0.2) is 35.9 Å². The molecule has 0 aromatic heterocycles. The van der Waals surface area contributed by atoms with Gasteiger partial charge in [-0.1, -0.05) is 62.1 Å². The van der Waals surface area contributed by atoms with Crippen molar-refractivity contribution in [2.45, 2.75) is 85.3 Å². The van der Waals surface area contributed by atoms with Crippen molar-refractivity contribution >= 4 is 35.3 Å². The Kier molecular flexibility index (Phi) is 11.4. The summed E-state index contributed by atoms with van der Waals surface area (Å²) in [5, 5.41) is 6.36. The molecule has 8 nitrogen and oxygen atoms in total. The van der Waals surface area contributed by atoms with E-state index in [4.69, 9.17) is 25.8 Å². The molecule has 1 aliphatic heterocycles. The molecular weight excluding hydrogens is 532 g/mol. The van der Waals surface area contributed by atoms with Crippen LogP contribution in [0.25, 0.3) is 0 Å². The van der Waals surface area contributed by atoms with E-state index >= 15 is 0 Å². The number of esters is 2. The predicted octanol–water partition coefficient (Wildman–Crippen LogP) is 7.29. The Bertz CT molecular complexity index is 1270. The van der Waals surface area contributed by atoms with Gasteiger partial charge in [0.05, 0.1) is 23.4 Å². The van der Waals surface area contributed by atoms with Crippen molar-refractivity contribution in [2.24, 2.45) is 0 Å². The number of carbonyl (C=O) groups is 3. The van der Waals surface area contributed by atoms with E-state index in [0.29, 0.717) is 51.7 Å². The summed E-state index contributed by atoms with van der Waals surface area (Å²) in [6.45, 7) is 8.08. The molecule has 0 aliphatic carbocycles. The first kappa shape index (κ1) is 31.0. The van der Waals surface area contributed by atoms with Crippen LogP contribution in [0.1, 0.15) is 86.3 Å². The van der Waals surface area contributed by atoms with E-state index in [1.165, 1.54) is 0 Å². The Morgan fingerprint density at radius 3 is 2.62 bits per heavy atom. The van der Waals surface area contributed by atoms with E-state index in [9.17, 15) is 14.4 Å². The molecule has 1 aliphatic rings. The maximum atomic E-state index is 13.1. The van der Waals surface area contributed by atoms with Gasteiger partial charge >= 0.3 is 18.0 Å². The van der Waals surface area contributed by atoms with E-state index in [-0.39, 0.29) is 31.1 Å². The van der Waals surface area contributed by atoms with E-state index in [1.54, 1.807) is 31.4 Å². The van der Waals surface area contributed by atoms with E-state index < -0.39 is 5.97 Å². The Morgan fingerprint density at radius 1 is 1.20 bits per heavy atom. The normalized spacial score (nSPS) is 13.3. The van der Waals surface area contributed by atoms with Crippen LogP contribution in [0.5, 0.6) is 11.5 Å². The number of hydrogen-bond donors (Lipinski definition) is 2. The minimum Gasteiger partial charge on any atom is -0.496 e. The minimum absolute atomic E-state index is 0.0309. The molecule has 216 valence electrons. The van der Waals surface area contributed by atoms with Crippen LogP contribution >= 0.6 is 11.6 Å². The highest BCUT2D eigenvalue weighted by Crippen LogP contribution is 2.41. The highest BCUT2D eigenvalue weighted by Gasteiger charge is 2.33. The van der Waals surface area contributed by atoms with E-state index in [1.807, 2.05) is 26.8 Å². The second kappa shape index (κ2) is 14.7. The summed E-state index contributed by atoms with van der Waals surface area (Å²) in [5.74, 6) is 0.0584. The van der Waals surface area contributed by atoms with Crippen molar-refractivity contribution in [2.75, 3.05) is 12.4 Å². The first-order valence-electron chi connectivity index (χ1n) is 13.8. The zero-order valence-corrected chi connectivity index (χ0v) is 24.7. The molecule has 2 aromatic rings. The second-order valence-corrected chi connectivity index (χ2v) is 10.4. The molecule has 1 heterocycles. The lowest BCUT2D eigenvalue weighted by Crippen LogP contribution is -2.38. The number of benzene rings is 2. The van der Waals surface area contributed by atoms with Crippen LogP contribution in [-0.4, -0.2) is 31.1 Å². The molecule has 0 radical (unpaired) electrons. The number of urea groups is 1. The standard InChI is InChI=1S/C31H39ClN2O6/c1-6-8-11-21(7-2)33-31(37)34-28-22(29(38-5)20(4)23-18-39-30(36)27(23)28)16-14-19(3)15-17-26(35)40-25-13-10-9-12-24(25)32/h9-10,12-14,21H,6-8,11,15-18H2,1-5H3,(H2,33,34,37)/b19-14+. The van der Waals surface area contributed by atoms with Gasteiger partial charge in [-0.25, -0.2) is 9.59 Å². The van der Waals surface area contributed by atoms with Crippen LogP contribution in [0.4, 0.5) is 10.5 Å². The molecule has 0 spiro atoms. The number of anilines is 1. The molecule has 2 amide bonds. The van der Waals surface area contributed by atoms with E-state index in [0.717, 1.165) is 36.8 Å². The SMILES string of the molecule is CCCCC(CC)NC(=O)Nc1c(C/C=C(\C)CCC(=O)Oc2ccccc2Cl)c(OC)c(C)c2c1C(=O)OC2. The van der Waals surface area contributed by atoms with Gasteiger partial charge in [0.2, 0.25) is 0 Å². The van der Waals surface area contributed by atoms with Crippen molar-refractivity contribution in [1.82, 2.24) is 5.32 Å². The number of halogens is 1. The number of amides is 2. The van der Waals surface area contributed by atoms with Crippen LogP contribution in [0.3, 0.4) is 0 Å². The van der Waals surface area contributed by atoms with Crippen molar-refractivity contribution in [3.8, 4) is 11.5 Å². The molecule has 0 saturated carbocycles. The molecule has 0 fully saturated rings. The first-order valence-corrected chi connectivity index (χ1v) is 14.2. The summed E-state index contributed by atoms with van der Waals surface area (Å²) < 4.78 is 16.5. The van der Waals surface area contributed by atoms with Crippen LogP contribution in [0, 0.1) is 6.92 Å². The number of cyclic esters (lactones) is 1. The quantitative estimate of drug-likeness (QED) is 0.149. The van der Waals surface area contributed by atoms with Crippen LogP contribution < -0.4 is 20.1 Å². The zero-order valence-electron chi connectivity index (χ0n) is 23.9. The number of hydrogen-bond acceptors (Lipinski definition) is 6. The largest absolute Gasteiger partial charge is 0.496 e. The number of rotatable bonds is 13. The zero-order chi connectivity index (χ0) is 29.2. The number of allylic oxidation sites excluding steroid dienone is 2. The topological polar surface area (TPSA) is 103 Å². The summed E-state index contributed by atoms with van der Waals surface area (Å²) in [5.41, 5.74) is 3.88. The third-order valence-electron chi connectivity index (χ3n) is 7.09. The molecule has 0 saturated heterocycles. The fourth-order valence-electron chi connectivity index (χ4n) is 4.73. The lowest BCUT2D eigenvalue weighted by molar-refractivity contribution is -0.134. The fraction of sp³-hybridized carbons (Fsp3) is 0.452. The molecule has 0 bridgehead atoms. The average molecular weight is 571 g/mol. The number of carbonyl (C=O) groups excluding carboxylic acids is 3. The van der Waals surface area contributed by atoms with Gasteiger partial charge in [0.1, 0.15) is 18.1 Å². The molecule has 2 N–H and O–H groups in total. The molecule has 9 heteroatoms. The monoisotopic (exact) mass is 570 g/mol. The van der Waals surface area contributed by atoms with Crippen molar-refractivity contribution in [3.05, 3.63) is 63.2 Å². The number of nitrogens with one attached hydrogen (secondary N) is 2. The summed E-state index contributed by atoms with van der Waals surface area (Å²) >= 11 is 6.08. The van der Waals surface area contributed by atoms with Crippen molar-refractivity contribution in [3.63, 3.8) is 0 Å². The van der Waals surface area contributed by atoms with E-state index in [2.05, 4.69) is 17.6 Å². The molecule has 40 heavy (non-hydrogen) atoms. The maximum Gasteiger partial charge on any atom is 0.341 e. The lowest BCUT2D eigenvalue weighted by Gasteiger charge is -2.22. The van der Waals surface area contributed by atoms with Gasteiger partial charge < -0.3 is 24.8 Å². The molecular formula is C31H39ClN2O6. The van der Waals surface area contributed by atoms with Crippen LogP contribution in [0.2, 0.25) is 5.02 Å². The Balaban J connectivity index is 1.82. The van der Waals surface area contributed by atoms with Crippen LogP contribution in [-0.2, 0) is 22.6 Å². The lowest BCUT2D eigenvalue weighted by atomic mass is 9.93. The third kappa shape index (κ3) is 7.78. The summed E-state index contributed by atoms with van der Waals surface area (Å²) in [4.78, 5) is 38.2. The van der Waals surface area contributed by atoms with Gasteiger partial charge in [0, 0.05) is 23.6 Å². The Morgan fingerprint density at radius 2 is 1.95 bits per heavy atom. The van der Waals surface area contributed by atoms with Gasteiger partial charge in [0.25, 0.3) is 0 Å². The molecule has 1 atom stereocenters.